The topological polar surface area (TPSA) is 75.8 Å². The molecule has 0 saturated carbocycles. The van der Waals surface area contributed by atoms with Gasteiger partial charge in [-0.1, -0.05) is 11.6 Å². The minimum atomic E-state index is -0.945. The van der Waals surface area contributed by atoms with E-state index >= 15 is 0 Å². The van der Waals surface area contributed by atoms with Crippen LogP contribution in [0.15, 0.2) is 18.2 Å². The van der Waals surface area contributed by atoms with Crippen molar-refractivity contribution in [3.05, 3.63) is 23.2 Å². The highest BCUT2D eigenvalue weighted by Gasteiger charge is 2.31. The molecule has 5 nitrogen and oxygen atoms in total. The summed E-state index contributed by atoms with van der Waals surface area (Å²) < 4.78 is 5.11. The molecular weight excluding hydrogens is 268 g/mol. The molecule has 0 amide bonds. The molecule has 2 rings (SSSR count). The van der Waals surface area contributed by atoms with E-state index in [0.717, 1.165) is 18.7 Å². The van der Waals surface area contributed by atoms with Gasteiger partial charge in [-0.05, 0) is 24.6 Å². The summed E-state index contributed by atoms with van der Waals surface area (Å²) in [6.07, 6.45) is 0.775. The number of methoxy groups -OCH3 is 1. The van der Waals surface area contributed by atoms with E-state index in [-0.39, 0.29) is 5.92 Å². The maximum atomic E-state index is 10.9. The third kappa shape index (κ3) is 2.93. The summed E-state index contributed by atoms with van der Waals surface area (Å²) in [5, 5.41) is 9.48. The van der Waals surface area contributed by atoms with Crippen LogP contribution in [-0.4, -0.2) is 37.3 Å². The molecule has 104 valence electrons. The number of hydrogen-bond acceptors (Lipinski definition) is 4. The normalized spacial score (nSPS) is 20.4. The molecule has 19 heavy (non-hydrogen) atoms. The molecule has 1 aromatic carbocycles. The van der Waals surface area contributed by atoms with E-state index in [2.05, 4.69) is 4.90 Å². The molecule has 1 aliphatic rings. The van der Waals surface area contributed by atoms with E-state index in [1.54, 1.807) is 7.11 Å². The fourth-order valence-corrected chi connectivity index (χ4v) is 2.62. The number of rotatable bonds is 4. The summed E-state index contributed by atoms with van der Waals surface area (Å²) in [5.41, 5.74) is 6.63. The van der Waals surface area contributed by atoms with Crippen molar-refractivity contribution in [1.82, 2.24) is 0 Å². The lowest BCUT2D eigenvalue weighted by Gasteiger charge is -2.20. The number of halogens is 1. The molecule has 1 aromatic rings. The van der Waals surface area contributed by atoms with Crippen molar-refractivity contribution in [2.24, 2.45) is 11.7 Å². The predicted octanol–water partition coefficient (Wildman–Crippen LogP) is 1.59. The number of carbonyl (C=O) groups is 1. The minimum Gasteiger partial charge on any atom is -0.495 e. The number of hydrogen-bond donors (Lipinski definition) is 2. The lowest BCUT2D eigenvalue weighted by molar-refractivity contribution is -0.139. The summed E-state index contributed by atoms with van der Waals surface area (Å²) in [6.45, 7) is 1.42. The van der Waals surface area contributed by atoms with Gasteiger partial charge in [0.15, 0.2) is 0 Å². The zero-order valence-electron chi connectivity index (χ0n) is 10.7. The highest BCUT2D eigenvalue weighted by Crippen LogP contribution is 2.32. The van der Waals surface area contributed by atoms with Crippen LogP contribution in [0, 0.1) is 5.92 Å². The molecule has 1 aliphatic heterocycles. The number of anilines is 1. The van der Waals surface area contributed by atoms with Crippen LogP contribution < -0.4 is 15.4 Å². The Morgan fingerprint density at radius 1 is 1.63 bits per heavy atom. The number of ether oxygens (including phenoxy) is 1. The Morgan fingerprint density at radius 3 is 2.95 bits per heavy atom. The van der Waals surface area contributed by atoms with Gasteiger partial charge in [0.25, 0.3) is 0 Å². The smallest absolute Gasteiger partial charge is 0.320 e. The van der Waals surface area contributed by atoms with Crippen molar-refractivity contribution >= 4 is 23.3 Å². The Balaban J connectivity index is 2.08. The Labute approximate surface area is 116 Å². The second kappa shape index (κ2) is 5.67. The van der Waals surface area contributed by atoms with Gasteiger partial charge in [-0.25, -0.2) is 0 Å². The van der Waals surface area contributed by atoms with E-state index in [4.69, 9.17) is 27.2 Å². The highest BCUT2D eigenvalue weighted by atomic mass is 35.5. The lowest BCUT2D eigenvalue weighted by atomic mass is 10.0. The van der Waals surface area contributed by atoms with E-state index in [1.165, 1.54) is 0 Å². The molecular formula is C13H17ClN2O3. The monoisotopic (exact) mass is 284 g/mol. The first-order chi connectivity index (χ1) is 9.02. The lowest BCUT2D eigenvalue weighted by Crippen LogP contribution is -2.39. The van der Waals surface area contributed by atoms with Crippen molar-refractivity contribution in [3.63, 3.8) is 0 Å². The van der Waals surface area contributed by atoms with Crippen LogP contribution >= 0.6 is 11.6 Å². The van der Waals surface area contributed by atoms with Crippen LogP contribution in [0.1, 0.15) is 6.42 Å². The van der Waals surface area contributed by atoms with Crippen LogP contribution in [0.2, 0.25) is 5.02 Å². The van der Waals surface area contributed by atoms with Gasteiger partial charge < -0.3 is 20.5 Å². The van der Waals surface area contributed by atoms with Crippen molar-refractivity contribution in [1.29, 1.82) is 0 Å². The van der Waals surface area contributed by atoms with Gasteiger partial charge in [0.05, 0.1) is 12.1 Å². The van der Waals surface area contributed by atoms with E-state index in [1.807, 2.05) is 18.2 Å². The van der Waals surface area contributed by atoms with E-state index < -0.39 is 12.0 Å². The number of carboxylic acid groups (broad SMARTS) is 1. The molecule has 0 aromatic heterocycles. The van der Waals surface area contributed by atoms with Crippen molar-refractivity contribution in [3.8, 4) is 5.75 Å². The molecule has 2 unspecified atom stereocenters. The molecule has 1 heterocycles. The number of nitrogens with zero attached hydrogens (tertiary/aromatic N) is 1. The number of nitrogens with two attached hydrogens (primary N) is 1. The highest BCUT2D eigenvalue weighted by molar-refractivity contribution is 6.32. The van der Waals surface area contributed by atoms with Gasteiger partial charge in [-0.2, -0.15) is 0 Å². The molecule has 6 heteroatoms. The quantitative estimate of drug-likeness (QED) is 0.878. The van der Waals surface area contributed by atoms with Gasteiger partial charge in [0, 0.05) is 24.7 Å². The van der Waals surface area contributed by atoms with Gasteiger partial charge in [-0.3, -0.25) is 4.79 Å². The van der Waals surface area contributed by atoms with Gasteiger partial charge in [0.2, 0.25) is 0 Å². The summed E-state index contributed by atoms with van der Waals surface area (Å²) in [7, 11) is 1.57. The average Bonchev–Trinajstić information content (AvgIpc) is 2.87. The standard InChI is InChI=1S/C13H17ClN2O3/c1-19-11-3-2-9(6-10(11)14)16-5-4-8(7-16)12(15)13(17)18/h2-3,6,8,12H,4-5,7,15H2,1H3,(H,17,18). The summed E-state index contributed by atoms with van der Waals surface area (Å²) in [5.74, 6) is -0.346. The maximum Gasteiger partial charge on any atom is 0.320 e. The zero-order chi connectivity index (χ0) is 14.0. The third-order valence-corrected chi connectivity index (χ3v) is 3.81. The van der Waals surface area contributed by atoms with Crippen LogP contribution in [0.5, 0.6) is 5.75 Å². The van der Waals surface area contributed by atoms with Gasteiger partial charge in [-0.15, -0.1) is 0 Å². The molecule has 2 atom stereocenters. The van der Waals surface area contributed by atoms with Gasteiger partial charge >= 0.3 is 5.97 Å². The summed E-state index contributed by atoms with van der Waals surface area (Å²) >= 11 is 6.09. The Bertz CT molecular complexity index is 481. The molecule has 0 aliphatic carbocycles. The van der Waals surface area contributed by atoms with Crippen molar-refractivity contribution in [2.45, 2.75) is 12.5 Å². The zero-order valence-corrected chi connectivity index (χ0v) is 11.4. The third-order valence-electron chi connectivity index (χ3n) is 3.52. The Morgan fingerprint density at radius 2 is 2.37 bits per heavy atom. The summed E-state index contributed by atoms with van der Waals surface area (Å²) in [6, 6.07) is 4.75. The van der Waals surface area contributed by atoms with Crippen LogP contribution in [-0.2, 0) is 4.79 Å². The average molecular weight is 285 g/mol. The first kappa shape index (κ1) is 14.0. The fourth-order valence-electron chi connectivity index (χ4n) is 2.37. The van der Waals surface area contributed by atoms with Crippen LogP contribution in [0.4, 0.5) is 5.69 Å². The van der Waals surface area contributed by atoms with Gasteiger partial charge in [0.1, 0.15) is 11.8 Å². The molecule has 3 N–H and O–H groups in total. The first-order valence-corrected chi connectivity index (χ1v) is 6.47. The summed E-state index contributed by atoms with van der Waals surface area (Å²) in [4.78, 5) is 13.0. The fraction of sp³-hybridized carbons (Fsp3) is 0.462. The van der Waals surface area contributed by atoms with E-state index in [9.17, 15) is 4.79 Å². The maximum absolute atomic E-state index is 10.9. The SMILES string of the molecule is COc1ccc(N2CCC(C(N)C(=O)O)C2)cc1Cl. The van der Waals surface area contributed by atoms with Crippen molar-refractivity contribution < 1.29 is 14.6 Å². The second-order valence-electron chi connectivity index (χ2n) is 4.68. The number of benzene rings is 1. The Kier molecular flexibility index (Phi) is 4.17. The number of carboxylic acids is 1. The van der Waals surface area contributed by atoms with Crippen LogP contribution in [0.3, 0.4) is 0 Å². The molecule has 0 radical (unpaired) electrons. The molecule has 0 bridgehead atoms. The molecule has 1 saturated heterocycles. The Hall–Kier alpha value is -1.46. The number of aliphatic carboxylic acids is 1. The van der Waals surface area contributed by atoms with E-state index in [0.29, 0.717) is 17.3 Å². The molecule has 1 fully saturated rings. The largest absolute Gasteiger partial charge is 0.495 e. The minimum absolute atomic E-state index is 0.0293. The first-order valence-electron chi connectivity index (χ1n) is 6.10. The van der Waals surface area contributed by atoms with Crippen LogP contribution in [0.25, 0.3) is 0 Å². The van der Waals surface area contributed by atoms with Crippen molar-refractivity contribution in [2.75, 3.05) is 25.1 Å². The molecule has 0 spiro atoms. The predicted molar refractivity (Wildman–Crippen MR) is 73.9 cm³/mol. The second-order valence-corrected chi connectivity index (χ2v) is 5.08.